The van der Waals surface area contributed by atoms with Crippen LogP contribution in [0.15, 0.2) is 5.38 Å². The van der Waals surface area contributed by atoms with E-state index >= 15 is 0 Å². The van der Waals surface area contributed by atoms with E-state index in [1.54, 1.807) is 0 Å². The first-order valence-corrected chi connectivity index (χ1v) is 9.27. The molecule has 1 aromatic heterocycles. The monoisotopic (exact) mass is 308 g/mol. The first-order valence-electron chi connectivity index (χ1n) is 8.39. The van der Waals surface area contributed by atoms with Crippen molar-refractivity contribution in [2.75, 3.05) is 26.3 Å². The quantitative estimate of drug-likeness (QED) is 0.828. The van der Waals surface area contributed by atoms with Crippen LogP contribution in [0.3, 0.4) is 0 Å². The van der Waals surface area contributed by atoms with Crippen molar-refractivity contribution >= 4 is 11.3 Å². The molecule has 1 spiro atoms. The molecule has 1 atom stereocenters. The smallest absolute Gasteiger partial charge is 0.0928 e. The molecule has 1 unspecified atom stereocenters. The number of rotatable bonds is 5. The summed E-state index contributed by atoms with van der Waals surface area (Å²) in [4.78, 5) is 7.40. The highest BCUT2D eigenvalue weighted by Gasteiger charge is 2.39. The van der Waals surface area contributed by atoms with Crippen LogP contribution in [0.5, 0.6) is 0 Å². The lowest BCUT2D eigenvalue weighted by molar-refractivity contribution is -0.00252. The van der Waals surface area contributed by atoms with Crippen molar-refractivity contribution in [2.45, 2.75) is 52.5 Å². The molecule has 0 bridgehead atoms. The molecule has 3 heterocycles. The van der Waals surface area contributed by atoms with Crippen LogP contribution in [0.1, 0.15) is 50.2 Å². The molecule has 4 heteroatoms. The Kier molecular flexibility index (Phi) is 4.97. The Morgan fingerprint density at radius 1 is 1.43 bits per heavy atom. The van der Waals surface area contributed by atoms with E-state index in [0.717, 1.165) is 32.1 Å². The molecule has 0 aromatic carbocycles. The molecular formula is C17H28N2OS. The van der Waals surface area contributed by atoms with Gasteiger partial charge in [0.1, 0.15) is 0 Å². The third kappa shape index (κ3) is 4.05. The van der Waals surface area contributed by atoms with Gasteiger partial charge in [-0.25, -0.2) is 4.98 Å². The summed E-state index contributed by atoms with van der Waals surface area (Å²) in [5.41, 5.74) is 1.72. The van der Waals surface area contributed by atoms with Crippen molar-refractivity contribution in [3.63, 3.8) is 0 Å². The summed E-state index contributed by atoms with van der Waals surface area (Å²) in [6, 6.07) is 0. The van der Waals surface area contributed by atoms with Gasteiger partial charge < -0.3 is 4.74 Å². The lowest BCUT2D eigenvalue weighted by atomic mass is 9.82. The Morgan fingerprint density at radius 2 is 2.33 bits per heavy atom. The molecule has 21 heavy (non-hydrogen) atoms. The molecule has 0 N–H and O–H groups in total. The first-order chi connectivity index (χ1) is 10.2. The first kappa shape index (κ1) is 15.4. The van der Waals surface area contributed by atoms with Crippen LogP contribution >= 0.6 is 11.3 Å². The number of likely N-dealkylation sites (tertiary alicyclic amines) is 1. The molecule has 3 rings (SSSR count). The highest BCUT2D eigenvalue weighted by atomic mass is 32.1. The lowest BCUT2D eigenvalue weighted by Crippen LogP contribution is -2.34. The Bertz CT molecular complexity index is 451. The van der Waals surface area contributed by atoms with Gasteiger partial charge in [0.05, 0.1) is 17.3 Å². The van der Waals surface area contributed by atoms with E-state index < -0.39 is 0 Å². The molecule has 0 radical (unpaired) electrons. The van der Waals surface area contributed by atoms with Gasteiger partial charge in [-0.2, -0.15) is 0 Å². The lowest BCUT2D eigenvalue weighted by Gasteiger charge is -2.33. The zero-order chi connectivity index (χ0) is 14.7. The largest absolute Gasteiger partial charge is 0.381 e. The second-order valence-electron chi connectivity index (χ2n) is 7.28. The van der Waals surface area contributed by atoms with Crippen molar-refractivity contribution in [3.05, 3.63) is 16.1 Å². The van der Waals surface area contributed by atoms with Crippen molar-refractivity contribution < 1.29 is 4.74 Å². The maximum absolute atomic E-state index is 5.72. The molecule has 0 saturated carbocycles. The molecule has 2 aliphatic heterocycles. The van der Waals surface area contributed by atoms with Crippen LogP contribution in [-0.4, -0.2) is 36.2 Å². The number of aryl methyl sites for hydroxylation is 1. The Morgan fingerprint density at radius 3 is 3.10 bits per heavy atom. The summed E-state index contributed by atoms with van der Waals surface area (Å²) in [5, 5.41) is 3.58. The molecule has 0 aliphatic carbocycles. The van der Waals surface area contributed by atoms with Gasteiger partial charge in [0.25, 0.3) is 0 Å². The number of aromatic nitrogens is 1. The number of nitrogens with zero attached hydrogens (tertiary/aromatic N) is 2. The Balaban J connectivity index is 1.51. The predicted octanol–water partition coefficient (Wildman–Crippen LogP) is 3.73. The normalized spacial score (nSPS) is 27.0. The third-order valence-electron chi connectivity index (χ3n) is 4.84. The van der Waals surface area contributed by atoms with Crippen LogP contribution in [0.4, 0.5) is 0 Å². The second kappa shape index (κ2) is 6.76. The maximum Gasteiger partial charge on any atom is 0.0928 e. The van der Waals surface area contributed by atoms with Gasteiger partial charge in [0.2, 0.25) is 0 Å². The molecule has 0 amide bonds. The molecule has 2 aliphatic rings. The van der Waals surface area contributed by atoms with E-state index in [1.165, 1.54) is 49.5 Å². The fraction of sp³-hybridized carbons (Fsp3) is 0.824. The molecule has 3 nitrogen and oxygen atoms in total. The number of thiazole rings is 1. The van der Waals surface area contributed by atoms with Crippen LogP contribution in [0.2, 0.25) is 0 Å². The average molecular weight is 308 g/mol. The minimum absolute atomic E-state index is 0.453. The minimum atomic E-state index is 0.453. The summed E-state index contributed by atoms with van der Waals surface area (Å²) in [5.74, 6) is 0.766. The van der Waals surface area contributed by atoms with Gasteiger partial charge >= 0.3 is 0 Å². The average Bonchev–Trinajstić information content (AvgIpc) is 3.06. The number of hydrogen-bond donors (Lipinski definition) is 0. The Labute approximate surface area is 132 Å². The minimum Gasteiger partial charge on any atom is -0.381 e. The zero-order valence-corrected chi connectivity index (χ0v) is 14.3. The number of ether oxygens (including phenoxy) is 1. The van der Waals surface area contributed by atoms with Gasteiger partial charge in [0.15, 0.2) is 0 Å². The fourth-order valence-corrected chi connectivity index (χ4v) is 4.38. The molecule has 118 valence electrons. The Hall–Kier alpha value is -0.450. The van der Waals surface area contributed by atoms with Crippen molar-refractivity contribution in [3.8, 4) is 0 Å². The van der Waals surface area contributed by atoms with E-state index in [2.05, 4.69) is 24.1 Å². The second-order valence-corrected chi connectivity index (χ2v) is 8.22. The molecule has 2 saturated heterocycles. The van der Waals surface area contributed by atoms with Crippen LogP contribution < -0.4 is 0 Å². The summed E-state index contributed by atoms with van der Waals surface area (Å²) in [7, 11) is 0. The van der Waals surface area contributed by atoms with E-state index in [-0.39, 0.29) is 0 Å². The standard InChI is InChI=1S/C17H28N2OS/c1-14(2)4-5-16-18-15(11-21-16)10-19-8-7-17(12-19)6-3-9-20-13-17/h11,14H,3-10,12-13H2,1-2H3. The molecular weight excluding hydrogens is 280 g/mol. The highest BCUT2D eigenvalue weighted by Crippen LogP contribution is 2.38. The highest BCUT2D eigenvalue weighted by molar-refractivity contribution is 7.09. The SMILES string of the molecule is CC(C)CCc1nc(CN2CCC3(CCCOC3)C2)cs1. The number of hydrogen-bond acceptors (Lipinski definition) is 4. The topological polar surface area (TPSA) is 25.4 Å². The van der Waals surface area contributed by atoms with E-state index in [0.29, 0.717) is 5.41 Å². The van der Waals surface area contributed by atoms with E-state index in [1.807, 2.05) is 11.3 Å². The van der Waals surface area contributed by atoms with Gasteiger partial charge in [-0.3, -0.25) is 4.90 Å². The van der Waals surface area contributed by atoms with E-state index in [9.17, 15) is 0 Å². The summed E-state index contributed by atoms with van der Waals surface area (Å²) in [6.07, 6.45) is 6.28. The van der Waals surface area contributed by atoms with Crippen molar-refractivity contribution in [1.82, 2.24) is 9.88 Å². The third-order valence-corrected chi connectivity index (χ3v) is 5.80. The molecule has 1 aromatic rings. The van der Waals surface area contributed by atoms with Crippen molar-refractivity contribution in [2.24, 2.45) is 11.3 Å². The van der Waals surface area contributed by atoms with Crippen molar-refractivity contribution in [1.29, 1.82) is 0 Å². The van der Waals surface area contributed by atoms with Gasteiger partial charge in [-0.1, -0.05) is 13.8 Å². The summed E-state index contributed by atoms with van der Waals surface area (Å²) < 4.78 is 5.72. The van der Waals surface area contributed by atoms with Gasteiger partial charge in [-0.15, -0.1) is 11.3 Å². The predicted molar refractivity (Wildman–Crippen MR) is 87.7 cm³/mol. The van der Waals surface area contributed by atoms with E-state index in [4.69, 9.17) is 9.72 Å². The maximum atomic E-state index is 5.72. The van der Waals surface area contributed by atoms with Crippen LogP contribution in [0.25, 0.3) is 0 Å². The fourth-order valence-electron chi connectivity index (χ4n) is 3.57. The van der Waals surface area contributed by atoms with Crippen LogP contribution in [0, 0.1) is 11.3 Å². The molecule has 2 fully saturated rings. The van der Waals surface area contributed by atoms with Crippen LogP contribution in [-0.2, 0) is 17.7 Å². The van der Waals surface area contributed by atoms with Gasteiger partial charge in [0, 0.05) is 30.5 Å². The van der Waals surface area contributed by atoms with Gasteiger partial charge in [-0.05, 0) is 44.6 Å². The summed E-state index contributed by atoms with van der Waals surface area (Å²) in [6.45, 7) is 9.94. The zero-order valence-electron chi connectivity index (χ0n) is 13.4. The summed E-state index contributed by atoms with van der Waals surface area (Å²) >= 11 is 1.84.